The fraction of sp³-hybridized carbons (Fsp3) is 0.391. The van der Waals surface area contributed by atoms with Gasteiger partial charge >= 0.3 is 0 Å². The van der Waals surface area contributed by atoms with E-state index in [9.17, 15) is 5.11 Å². The lowest BCUT2D eigenvalue weighted by Crippen LogP contribution is -2.20. The molecule has 8 heteroatoms. The summed E-state index contributed by atoms with van der Waals surface area (Å²) in [6, 6.07) is 15.2. The molecule has 0 radical (unpaired) electrons. The van der Waals surface area contributed by atoms with Gasteiger partial charge in [0, 0.05) is 17.8 Å². The second-order valence-electron chi connectivity index (χ2n) is 8.25. The van der Waals surface area contributed by atoms with Crippen molar-refractivity contribution in [1.82, 2.24) is 14.8 Å². The smallest absolute Gasteiger partial charge is 0.191 e. The van der Waals surface area contributed by atoms with Gasteiger partial charge in [-0.05, 0) is 47.4 Å². The van der Waals surface area contributed by atoms with Crippen molar-refractivity contribution in [3.63, 3.8) is 0 Å². The van der Waals surface area contributed by atoms with Crippen LogP contribution in [0.5, 0.6) is 11.5 Å². The lowest BCUT2D eigenvalue weighted by molar-refractivity contribution is 0.126. The van der Waals surface area contributed by atoms with E-state index in [-0.39, 0.29) is 12.0 Å². The SMILES string of the molecule is Cn1c(COc2ccc(Cl)cc2)nnc1SC[C@@H](O)COc1ccc(C(C)(C)C)cc1. The first-order valence-corrected chi connectivity index (χ1v) is 11.4. The van der Waals surface area contributed by atoms with Gasteiger partial charge in [-0.25, -0.2) is 0 Å². The zero-order chi connectivity index (χ0) is 22.4. The van der Waals surface area contributed by atoms with Crippen LogP contribution in [0.25, 0.3) is 0 Å². The Bertz CT molecular complexity index is 969. The van der Waals surface area contributed by atoms with Crippen LogP contribution in [0.4, 0.5) is 0 Å². The van der Waals surface area contributed by atoms with Crippen molar-refractivity contribution in [2.75, 3.05) is 12.4 Å². The summed E-state index contributed by atoms with van der Waals surface area (Å²) in [5.74, 6) is 2.61. The molecule has 166 valence electrons. The number of halogens is 1. The minimum atomic E-state index is -0.627. The van der Waals surface area contributed by atoms with E-state index in [1.807, 2.05) is 23.7 Å². The monoisotopic (exact) mass is 461 g/mol. The minimum Gasteiger partial charge on any atom is -0.491 e. The summed E-state index contributed by atoms with van der Waals surface area (Å²) in [7, 11) is 1.88. The Morgan fingerprint density at radius 2 is 1.61 bits per heavy atom. The molecule has 0 saturated heterocycles. The van der Waals surface area contributed by atoms with Crippen molar-refractivity contribution in [2.45, 2.75) is 44.1 Å². The molecular weight excluding hydrogens is 434 g/mol. The van der Waals surface area contributed by atoms with Gasteiger partial charge < -0.3 is 19.1 Å². The number of benzene rings is 2. The lowest BCUT2D eigenvalue weighted by atomic mass is 9.87. The molecule has 0 aliphatic heterocycles. The lowest BCUT2D eigenvalue weighted by Gasteiger charge is -2.19. The van der Waals surface area contributed by atoms with E-state index in [0.29, 0.717) is 34.1 Å². The quantitative estimate of drug-likeness (QED) is 0.458. The maximum atomic E-state index is 10.3. The first-order valence-electron chi connectivity index (χ1n) is 10.0. The number of ether oxygens (including phenoxy) is 2. The molecule has 0 aliphatic rings. The Kier molecular flexibility index (Phi) is 7.86. The number of aromatic nitrogens is 3. The summed E-state index contributed by atoms with van der Waals surface area (Å²) in [6.07, 6.45) is -0.627. The summed E-state index contributed by atoms with van der Waals surface area (Å²) in [5.41, 5.74) is 1.35. The standard InChI is InChI=1S/C23H28ClN3O3S/c1-23(2,3)16-5-9-19(10-6-16)29-13-18(28)15-31-22-26-25-21(27(22)4)14-30-20-11-7-17(24)8-12-20/h5-12,18,28H,13-15H2,1-4H3/t18-/m0/s1. The number of rotatable bonds is 9. The van der Waals surface area contributed by atoms with Crippen molar-refractivity contribution in [2.24, 2.45) is 7.05 Å². The molecule has 3 rings (SSSR count). The van der Waals surface area contributed by atoms with Crippen molar-refractivity contribution in [1.29, 1.82) is 0 Å². The normalized spacial score (nSPS) is 12.6. The van der Waals surface area contributed by atoms with Crippen molar-refractivity contribution < 1.29 is 14.6 Å². The van der Waals surface area contributed by atoms with Gasteiger partial charge in [0.1, 0.15) is 24.7 Å². The Morgan fingerprint density at radius 3 is 2.26 bits per heavy atom. The molecule has 0 unspecified atom stereocenters. The average Bonchev–Trinajstić information content (AvgIpc) is 3.09. The van der Waals surface area contributed by atoms with E-state index in [1.165, 1.54) is 17.3 Å². The molecule has 1 atom stereocenters. The first kappa shape index (κ1) is 23.4. The highest BCUT2D eigenvalue weighted by molar-refractivity contribution is 7.99. The van der Waals surface area contributed by atoms with Gasteiger partial charge in [0.15, 0.2) is 11.0 Å². The van der Waals surface area contributed by atoms with E-state index in [1.54, 1.807) is 24.3 Å². The van der Waals surface area contributed by atoms with Gasteiger partial charge in [0.25, 0.3) is 0 Å². The van der Waals surface area contributed by atoms with Crippen LogP contribution >= 0.6 is 23.4 Å². The number of hydrogen-bond donors (Lipinski definition) is 1. The fourth-order valence-corrected chi connectivity index (χ4v) is 3.70. The van der Waals surface area contributed by atoms with Crippen LogP contribution < -0.4 is 9.47 Å². The molecule has 1 heterocycles. The molecule has 6 nitrogen and oxygen atoms in total. The van der Waals surface area contributed by atoms with Gasteiger partial charge in [-0.3, -0.25) is 0 Å². The van der Waals surface area contributed by atoms with Crippen LogP contribution in [-0.2, 0) is 19.1 Å². The molecule has 0 spiro atoms. The van der Waals surface area contributed by atoms with E-state index < -0.39 is 6.10 Å². The number of aliphatic hydroxyl groups is 1. The summed E-state index contributed by atoms with van der Waals surface area (Å²) >= 11 is 7.31. The molecule has 1 N–H and O–H groups in total. The zero-order valence-electron chi connectivity index (χ0n) is 18.2. The number of aliphatic hydroxyl groups excluding tert-OH is 1. The average molecular weight is 462 g/mol. The van der Waals surface area contributed by atoms with Gasteiger partial charge in [0.2, 0.25) is 0 Å². The highest BCUT2D eigenvalue weighted by Crippen LogP contribution is 2.25. The zero-order valence-corrected chi connectivity index (χ0v) is 19.8. The van der Waals surface area contributed by atoms with Gasteiger partial charge in [0.05, 0.1) is 6.10 Å². The Hall–Kier alpha value is -2.22. The molecule has 3 aromatic rings. The molecule has 2 aromatic carbocycles. The predicted molar refractivity (Wildman–Crippen MR) is 124 cm³/mol. The van der Waals surface area contributed by atoms with E-state index >= 15 is 0 Å². The summed E-state index contributed by atoms with van der Waals surface area (Å²) in [6.45, 7) is 7.02. The summed E-state index contributed by atoms with van der Waals surface area (Å²) in [5, 5.41) is 20.0. The Balaban J connectivity index is 1.44. The number of thioether (sulfide) groups is 1. The van der Waals surface area contributed by atoms with Crippen LogP contribution in [0.2, 0.25) is 5.02 Å². The molecule has 31 heavy (non-hydrogen) atoms. The Labute approximate surface area is 192 Å². The third-order valence-corrected chi connectivity index (χ3v) is 6.09. The van der Waals surface area contributed by atoms with Crippen LogP contribution in [0.1, 0.15) is 32.2 Å². The summed E-state index contributed by atoms with van der Waals surface area (Å²) < 4.78 is 13.3. The topological polar surface area (TPSA) is 69.4 Å². The van der Waals surface area contributed by atoms with Gasteiger partial charge in [-0.2, -0.15) is 0 Å². The van der Waals surface area contributed by atoms with Crippen LogP contribution in [-0.4, -0.2) is 38.3 Å². The van der Waals surface area contributed by atoms with Crippen LogP contribution in [0.3, 0.4) is 0 Å². The van der Waals surface area contributed by atoms with E-state index in [0.717, 1.165) is 5.75 Å². The van der Waals surface area contributed by atoms with Gasteiger partial charge in [-0.1, -0.05) is 56.3 Å². The molecule has 1 aromatic heterocycles. The first-order chi connectivity index (χ1) is 14.7. The van der Waals surface area contributed by atoms with Crippen molar-refractivity contribution in [3.8, 4) is 11.5 Å². The minimum absolute atomic E-state index is 0.101. The second kappa shape index (κ2) is 10.4. The molecule has 0 saturated carbocycles. The highest BCUT2D eigenvalue weighted by atomic mass is 35.5. The molecular formula is C23H28ClN3O3S. The maximum Gasteiger partial charge on any atom is 0.191 e. The van der Waals surface area contributed by atoms with Crippen LogP contribution in [0.15, 0.2) is 53.7 Å². The number of hydrogen-bond acceptors (Lipinski definition) is 6. The van der Waals surface area contributed by atoms with E-state index in [2.05, 4.69) is 43.1 Å². The third kappa shape index (κ3) is 6.89. The molecule has 0 amide bonds. The third-order valence-electron chi connectivity index (χ3n) is 4.67. The van der Waals surface area contributed by atoms with E-state index in [4.69, 9.17) is 21.1 Å². The van der Waals surface area contributed by atoms with Crippen molar-refractivity contribution in [3.05, 3.63) is 64.9 Å². The largest absolute Gasteiger partial charge is 0.491 e. The molecule has 0 aliphatic carbocycles. The molecule has 0 fully saturated rings. The fourth-order valence-electron chi connectivity index (χ4n) is 2.74. The Morgan fingerprint density at radius 1 is 1.00 bits per heavy atom. The van der Waals surface area contributed by atoms with Crippen LogP contribution in [0, 0.1) is 0 Å². The molecule has 0 bridgehead atoms. The predicted octanol–water partition coefficient (Wildman–Crippen LogP) is 4.88. The highest BCUT2D eigenvalue weighted by Gasteiger charge is 2.15. The summed E-state index contributed by atoms with van der Waals surface area (Å²) in [4.78, 5) is 0. The van der Waals surface area contributed by atoms with Gasteiger partial charge in [-0.15, -0.1) is 10.2 Å². The number of nitrogens with zero attached hydrogens (tertiary/aromatic N) is 3. The maximum absolute atomic E-state index is 10.3. The van der Waals surface area contributed by atoms with Crippen molar-refractivity contribution >= 4 is 23.4 Å². The second-order valence-corrected chi connectivity index (χ2v) is 9.67.